The molecule has 0 spiro atoms. The van der Waals surface area contributed by atoms with E-state index in [0.717, 1.165) is 6.07 Å². The molecule has 0 aliphatic carbocycles. The Bertz CT molecular complexity index is 817. The summed E-state index contributed by atoms with van der Waals surface area (Å²) >= 11 is 0. The van der Waals surface area contributed by atoms with Gasteiger partial charge in [-0.15, -0.1) is 0 Å². The van der Waals surface area contributed by atoms with Crippen LogP contribution in [0, 0.1) is 13.8 Å². The van der Waals surface area contributed by atoms with Crippen LogP contribution in [0.5, 0.6) is 0 Å². The number of nitrogens with one attached hydrogen (secondary N) is 1. The van der Waals surface area contributed by atoms with Crippen molar-refractivity contribution in [2.24, 2.45) is 14.1 Å². The van der Waals surface area contributed by atoms with Crippen LogP contribution in [0.2, 0.25) is 0 Å². The van der Waals surface area contributed by atoms with Gasteiger partial charge >= 0.3 is 5.97 Å². The summed E-state index contributed by atoms with van der Waals surface area (Å²) in [6.45, 7) is 3.43. The van der Waals surface area contributed by atoms with Gasteiger partial charge in [0.05, 0.1) is 17.1 Å². The molecule has 0 aromatic carbocycles. The molecule has 0 atom stereocenters. The van der Waals surface area contributed by atoms with Gasteiger partial charge in [-0.05, 0) is 19.9 Å². The first-order valence-corrected chi connectivity index (χ1v) is 7.54. The molecule has 0 aliphatic rings. The van der Waals surface area contributed by atoms with Gasteiger partial charge < -0.3 is 9.67 Å². The molecule has 9 heteroatoms. The minimum Gasteiger partial charge on any atom is -0.477 e. The molecule has 8 nitrogen and oxygen atoms in total. The third kappa shape index (κ3) is 2.64. The number of carboxylic acids is 1. The molecule has 0 unspecified atom stereocenters. The number of carboxylic acid groups (broad SMARTS) is 1. The lowest BCUT2D eigenvalue weighted by molar-refractivity contribution is 0.0686. The first kappa shape index (κ1) is 15.1. The maximum atomic E-state index is 12.3. The molecule has 21 heavy (non-hydrogen) atoms. The molecule has 2 heterocycles. The lowest BCUT2D eigenvalue weighted by Crippen LogP contribution is -2.13. The summed E-state index contributed by atoms with van der Waals surface area (Å²) in [5.41, 5.74) is 1.52. The van der Waals surface area contributed by atoms with Gasteiger partial charge in [-0.3, -0.25) is 9.40 Å². The van der Waals surface area contributed by atoms with E-state index in [1.165, 1.54) is 17.8 Å². The number of sulfonamides is 1. The summed E-state index contributed by atoms with van der Waals surface area (Å²) in [6.07, 6.45) is 1.26. The van der Waals surface area contributed by atoms with Gasteiger partial charge in [0, 0.05) is 20.3 Å². The van der Waals surface area contributed by atoms with Gasteiger partial charge in [-0.25, -0.2) is 13.2 Å². The van der Waals surface area contributed by atoms with Gasteiger partial charge in [0.2, 0.25) is 0 Å². The zero-order chi connectivity index (χ0) is 15.9. The van der Waals surface area contributed by atoms with Crippen molar-refractivity contribution < 1.29 is 18.3 Å². The smallest absolute Gasteiger partial charge is 0.352 e. The molecule has 114 valence electrons. The Balaban J connectivity index is 2.43. The molecule has 2 aromatic rings. The highest BCUT2D eigenvalue weighted by Crippen LogP contribution is 2.23. The topological polar surface area (TPSA) is 106 Å². The number of carbonyl (C=O) groups is 1. The number of anilines is 1. The average Bonchev–Trinajstić information content (AvgIpc) is 2.86. The van der Waals surface area contributed by atoms with E-state index >= 15 is 0 Å². The average molecular weight is 312 g/mol. The maximum absolute atomic E-state index is 12.3. The van der Waals surface area contributed by atoms with Gasteiger partial charge in [0.25, 0.3) is 10.0 Å². The predicted octanol–water partition coefficient (Wildman–Crippen LogP) is 0.874. The Morgan fingerprint density at radius 3 is 2.38 bits per heavy atom. The maximum Gasteiger partial charge on any atom is 0.352 e. The molecule has 2 rings (SSSR count). The molecule has 0 fully saturated rings. The number of nitrogens with zero attached hydrogens (tertiary/aromatic N) is 3. The molecule has 0 bridgehead atoms. The van der Waals surface area contributed by atoms with E-state index in [0.29, 0.717) is 17.1 Å². The van der Waals surface area contributed by atoms with Crippen LogP contribution < -0.4 is 4.72 Å². The lowest BCUT2D eigenvalue weighted by Gasteiger charge is -2.06. The molecule has 2 aromatic heterocycles. The van der Waals surface area contributed by atoms with Crippen molar-refractivity contribution in [2.45, 2.75) is 18.7 Å². The summed E-state index contributed by atoms with van der Waals surface area (Å²) in [5, 5.41) is 13.1. The number of aromatic nitrogens is 3. The molecular formula is C12H16N4O4S. The minimum absolute atomic E-state index is 0.102. The minimum atomic E-state index is -3.87. The van der Waals surface area contributed by atoms with Crippen LogP contribution in [0.15, 0.2) is 17.2 Å². The van der Waals surface area contributed by atoms with Crippen LogP contribution in [-0.2, 0) is 24.1 Å². The summed E-state index contributed by atoms with van der Waals surface area (Å²) in [6, 6.07) is 1.12. The fourth-order valence-corrected chi connectivity index (χ4v) is 3.25. The first-order chi connectivity index (χ1) is 9.63. The van der Waals surface area contributed by atoms with Crippen LogP contribution in [0.1, 0.15) is 21.9 Å². The van der Waals surface area contributed by atoms with Crippen molar-refractivity contribution >= 4 is 21.7 Å². The molecule has 2 N–H and O–H groups in total. The number of aromatic carboxylic acids is 1. The van der Waals surface area contributed by atoms with Gasteiger partial charge in [-0.1, -0.05) is 0 Å². The highest BCUT2D eigenvalue weighted by molar-refractivity contribution is 7.92. The van der Waals surface area contributed by atoms with Crippen molar-refractivity contribution in [1.82, 2.24) is 14.3 Å². The van der Waals surface area contributed by atoms with Crippen molar-refractivity contribution in [1.29, 1.82) is 0 Å². The van der Waals surface area contributed by atoms with Gasteiger partial charge in [0.1, 0.15) is 10.6 Å². The zero-order valence-corrected chi connectivity index (χ0v) is 12.9. The summed E-state index contributed by atoms with van der Waals surface area (Å²) in [4.78, 5) is 10.9. The molecule has 0 saturated carbocycles. The Morgan fingerprint density at radius 2 is 1.95 bits per heavy atom. The second-order valence-corrected chi connectivity index (χ2v) is 6.43. The van der Waals surface area contributed by atoms with Crippen LogP contribution in [0.3, 0.4) is 0 Å². The van der Waals surface area contributed by atoms with Gasteiger partial charge in [0.15, 0.2) is 0 Å². The fourth-order valence-electron chi connectivity index (χ4n) is 2.01. The van der Waals surface area contributed by atoms with Crippen LogP contribution in [0.4, 0.5) is 5.69 Å². The summed E-state index contributed by atoms with van der Waals surface area (Å²) < 4.78 is 30.0. The van der Waals surface area contributed by atoms with E-state index in [1.54, 1.807) is 25.6 Å². The monoisotopic (exact) mass is 312 g/mol. The van der Waals surface area contributed by atoms with E-state index < -0.39 is 16.0 Å². The molecule has 0 radical (unpaired) electrons. The Kier molecular flexibility index (Phi) is 3.54. The second-order valence-electron chi connectivity index (χ2n) is 4.75. The Hall–Kier alpha value is -2.29. The number of hydrogen-bond acceptors (Lipinski definition) is 4. The number of aryl methyl sites for hydroxylation is 3. The molecule has 0 amide bonds. The van der Waals surface area contributed by atoms with Crippen molar-refractivity contribution in [3.8, 4) is 0 Å². The highest BCUT2D eigenvalue weighted by Gasteiger charge is 2.23. The van der Waals surface area contributed by atoms with Crippen molar-refractivity contribution in [3.63, 3.8) is 0 Å². The van der Waals surface area contributed by atoms with Gasteiger partial charge in [-0.2, -0.15) is 5.10 Å². The summed E-state index contributed by atoms with van der Waals surface area (Å²) in [5.74, 6) is -1.19. The van der Waals surface area contributed by atoms with Crippen LogP contribution in [-0.4, -0.2) is 33.8 Å². The van der Waals surface area contributed by atoms with Crippen molar-refractivity contribution in [3.05, 3.63) is 29.3 Å². The zero-order valence-electron chi connectivity index (χ0n) is 12.1. The third-order valence-electron chi connectivity index (χ3n) is 3.25. The molecule has 0 aliphatic heterocycles. The SMILES string of the molecule is Cc1nn(C)c(C)c1NS(=O)(=O)c1cc(C(=O)O)n(C)c1. The standard InChI is InChI=1S/C12H16N4O4S/c1-7-11(8(2)16(4)13-7)14-21(19,20)9-5-10(12(17)18)15(3)6-9/h5-6,14H,1-4H3,(H,17,18). The fraction of sp³-hybridized carbons (Fsp3) is 0.333. The first-order valence-electron chi connectivity index (χ1n) is 6.06. The van der Waals surface area contributed by atoms with Crippen molar-refractivity contribution in [2.75, 3.05) is 4.72 Å². The third-order valence-corrected chi connectivity index (χ3v) is 4.57. The summed E-state index contributed by atoms with van der Waals surface area (Å²) in [7, 11) is -0.679. The highest BCUT2D eigenvalue weighted by atomic mass is 32.2. The normalized spacial score (nSPS) is 11.6. The lowest BCUT2D eigenvalue weighted by atomic mass is 10.3. The van der Waals surface area contributed by atoms with Crippen LogP contribution in [0.25, 0.3) is 0 Å². The van der Waals surface area contributed by atoms with E-state index in [2.05, 4.69) is 9.82 Å². The van der Waals surface area contributed by atoms with E-state index in [9.17, 15) is 13.2 Å². The quantitative estimate of drug-likeness (QED) is 0.871. The number of rotatable bonds is 4. The Labute approximate surface area is 122 Å². The predicted molar refractivity (Wildman–Crippen MR) is 75.9 cm³/mol. The Morgan fingerprint density at radius 1 is 1.33 bits per heavy atom. The number of hydrogen-bond donors (Lipinski definition) is 2. The molecule has 0 saturated heterocycles. The van der Waals surface area contributed by atoms with E-state index in [1.807, 2.05) is 0 Å². The molecular weight excluding hydrogens is 296 g/mol. The van der Waals surface area contributed by atoms with E-state index in [4.69, 9.17) is 5.11 Å². The van der Waals surface area contributed by atoms with E-state index in [-0.39, 0.29) is 10.6 Å². The van der Waals surface area contributed by atoms with Crippen LogP contribution >= 0.6 is 0 Å². The largest absolute Gasteiger partial charge is 0.477 e. The second kappa shape index (κ2) is 4.92.